The van der Waals surface area contributed by atoms with Crippen LogP contribution in [0.5, 0.6) is 0 Å². The molecule has 112 valence electrons. The molecule has 0 aliphatic carbocycles. The Kier molecular flexibility index (Phi) is 6.05. The summed E-state index contributed by atoms with van der Waals surface area (Å²) in [5.74, 6) is 0.888. The molecule has 5 nitrogen and oxygen atoms in total. The molecule has 1 atom stereocenters. The van der Waals surface area contributed by atoms with Crippen molar-refractivity contribution in [1.82, 2.24) is 19.8 Å². The standard InChI is InChI=1S/C15H26N4O/c1-2-8-19(12-14-4-3-6-16-11-14)15(20)5-9-18-10-7-17-13-18/h7,10,13-14,16H,2-6,8-9,11-12H2,1H3. The molecule has 0 aromatic carbocycles. The molecule has 5 heteroatoms. The van der Waals surface area contributed by atoms with Crippen molar-refractivity contribution in [3.8, 4) is 0 Å². The number of aryl methyl sites for hydroxylation is 1. The lowest BCUT2D eigenvalue weighted by atomic mass is 9.99. The predicted molar refractivity (Wildman–Crippen MR) is 79.3 cm³/mol. The Morgan fingerprint density at radius 2 is 2.45 bits per heavy atom. The smallest absolute Gasteiger partial charge is 0.224 e. The van der Waals surface area contributed by atoms with Crippen molar-refractivity contribution in [2.75, 3.05) is 26.2 Å². The Morgan fingerprint density at radius 1 is 1.55 bits per heavy atom. The van der Waals surface area contributed by atoms with E-state index in [1.807, 2.05) is 10.8 Å². The largest absolute Gasteiger partial charge is 0.342 e. The van der Waals surface area contributed by atoms with Gasteiger partial charge in [0.1, 0.15) is 0 Å². The zero-order chi connectivity index (χ0) is 14.2. The van der Waals surface area contributed by atoms with Crippen LogP contribution in [0.1, 0.15) is 32.6 Å². The van der Waals surface area contributed by atoms with Crippen LogP contribution in [0.3, 0.4) is 0 Å². The van der Waals surface area contributed by atoms with E-state index >= 15 is 0 Å². The van der Waals surface area contributed by atoms with Crippen molar-refractivity contribution in [3.05, 3.63) is 18.7 Å². The molecule has 1 aromatic rings. The third-order valence-corrected chi connectivity index (χ3v) is 3.87. The van der Waals surface area contributed by atoms with Crippen LogP contribution in [0.2, 0.25) is 0 Å². The number of hydrogen-bond donors (Lipinski definition) is 1. The summed E-state index contributed by atoms with van der Waals surface area (Å²) in [6.07, 6.45) is 9.48. The fourth-order valence-corrected chi connectivity index (χ4v) is 2.78. The quantitative estimate of drug-likeness (QED) is 0.822. The number of piperidine rings is 1. The third-order valence-electron chi connectivity index (χ3n) is 3.87. The minimum Gasteiger partial charge on any atom is -0.342 e. The number of amides is 1. The van der Waals surface area contributed by atoms with Gasteiger partial charge in [-0.2, -0.15) is 0 Å². The maximum Gasteiger partial charge on any atom is 0.224 e. The first-order chi connectivity index (χ1) is 9.79. The van der Waals surface area contributed by atoms with Gasteiger partial charge in [-0.15, -0.1) is 0 Å². The summed E-state index contributed by atoms with van der Waals surface area (Å²) >= 11 is 0. The molecule has 1 fully saturated rings. The zero-order valence-corrected chi connectivity index (χ0v) is 12.4. The lowest BCUT2D eigenvalue weighted by Gasteiger charge is -2.30. The Bertz CT molecular complexity index is 385. The molecule has 1 aromatic heterocycles. The minimum atomic E-state index is 0.270. The van der Waals surface area contributed by atoms with Crippen molar-refractivity contribution < 1.29 is 4.79 Å². The highest BCUT2D eigenvalue weighted by atomic mass is 16.2. The number of carbonyl (C=O) groups is 1. The molecule has 2 heterocycles. The van der Waals surface area contributed by atoms with Crippen molar-refractivity contribution in [3.63, 3.8) is 0 Å². The van der Waals surface area contributed by atoms with Crippen molar-refractivity contribution in [1.29, 1.82) is 0 Å². The lowest BCUT2D eigenvalue weighted by molar-refractivity contribution is -0.132. The van der Waals surface area contributed by atoms with Crippen LogP contribution in [-0.2, 0) is 11.3 Å². The topological polar surface area (TPSA) is 50.2 Å². The number of aromatic nitrogens is 2. The molecule has 1 N–H and O–H groups in total. The maximum absolute atomic E-state index is 12.4. The van der Waals surface area contributed by atoms with Crippen molar-refractivity contribution in [2.45, 2.75) is 39.2 Å². The second-order valence-electron chi connectivity index (χ2n) is 5.60. The van der Waals surface area contributed by atoms with E-state index in [0.717, 1.165) is 39.1 Å². The molecule has 1 amide bonds. The van der Waals surface area contributed by atoms with Gasteiger partial charge in [-0.05, 0) is 38.3 Å². The van der Waals surface area contributed by atoms with Gasteiger partial charge in [0.2, 0.25) is 5.91 Å². The molecular formula is C15H26N4O. The first-order valence-corrected chi connectivity index (χ1v) is 7.74. The van der Waals surface area contributed by atoms with Crippen LogP contribution in [-0.4, -0.2) is 46.5 Å². The monoisotopic (exact) mass is 278 g/mol. The van der Waals surface area contributed by atoms with Crippen molar-refractivity contribution >= 4 is 5.91 Å². The molecule has 1 unspecified atom stereocenters. The van der Waals surface area contributed by atoms with Gasteiger partial charge in [0.25, 0.3) is 0 Å². The van der Waals surface area contributed by atoms with Gasteiger partial charge in [0.05, 0.1) is 6.33 Å². The van der Waals surface area contributed by atoms with Crippen LogP contribution in [0.4, 0.5) is 0 Å². The molecule has 0 spiro atoms. The van der Waals surface area contributed by atoms with Gasteiger partial charge in [0.15, 0.2) is 0 Å². The maximum atomic E-state index is 12.4. The molecule has 1 saturated heterocycles. The summed E-state index contributed by atoms with van der Waals surface area (Å²) in [5, 5.41) is 3.43. The first-order valence-electron chi connectivity index (χ1n) is 7.74. The second-order valence-corrected chi connectivity index (χ2v) is 5.60. The van der Waals surface area contributed by atoms with Crippen LogP contribution < -0.4 is 5.32 Å². The van der Waals surface area contributed by atoms with Gasteiger partial charge in [-0.3, -0.25) is 4.79 Å². The van der Waals surface area contributed by atoms with Crippen LogP contribution in [0.25, 0.3) is 0 Å². The minimum absolute atomic E-state index is 0.270. The molecule has 0 bridgehead atoms. The number of carbonyl (C=O) groups excluding carboxylic acids is 1. The average molecular weight is 278 g/mol. The Labute approximate surface area is 121 Å². The number of hydrogen-bond acceptors (Lipinski definition) is 3. The third kappa shape index (κ3) is 4.63. The molecule has 20 heavy (non-hydrogen) atoms. The van der Waals surface area contributed by atoms with Crippen LogP contribution >= 0.6 is 0 Å². The lowest BCUT2D eigenvalue weighted by Crippen LogP contribution is -2.41. The van der Waals surface area contributed by atoms with E-state index < -0.39 is 0 Å². The van der Waals surface area contributed by atoms with Gasteiger partial charge in [0, 0.05) is 38.4 Å². The summed E-state index contributed by atoms with van der Waals surface area (Å²) in [6.45, 7) is 6.81. The van der Waals surface area contributed by atoms with Gasteiger partial charge >= 0.3 is 0 Å². The predicted octanol–water partition coefficient (Wildman–Crippen LogP) is 1.51. The Balaban J connectivity index is 1.81. The van der Waals surface area contributed by atoms with E-state index in [-0.39, 0.29) is 5.91 Å². The van der Waals surface area contributed by atoms with Crippen LogP contribution in [0.15, 0.2) is 18.7 Å². The molecule has 0 radical (unpaired) electrons. The highest BCUT2D eigenvalue weighted by Crippen LogP contribution is 2.13. The summed E-state index contributed by atoms with van der Waals surface area (Å²) in [4.78, 5) is 18.4. The van der Waals surface area contributed by atoms with E-state index in [2.05, 4.69) is 22.1 Å². The summed E-state index contributed by atoms with van der Waals surface area (Å²) in [5.41, 5.74) is 0. The van der Waals surface area contributed by atoms with E-state index in [4.69, 9.17) is 0 Å². The number of nitrogens with one attached hydrogen (secondary N) is 1. The molecular weight excluding hydrogens is 252 g/mol. The van der Waals surface area contributed by atoms with Crippen molar-refractivity contribution in [2.24, 2.45) is 5.92 Å². The normalized spacial score (nSPS) is 18.9. The Morgan fingerprint density at radius 3 is 3.10 bits per heavy atom. The van der Waals surface area contributed by atoms with Crippen LogP contribution in [0, 0.1) is 5.92 Å². The van der Waals surface area contributed by atoms with Gasteiger partial charge in [-0.1, -0.05) is 6.92 Å². The van der Waals surface area contributed by atoms with Gasteiger partial charge < -0.3 is 14.8 Å². The fraction of sp³-hybridized carbons (Fsp3) is 0.733. The molecule has 0 saturated carbocycles. The van der Waals surface area contributed by atoms with E-state index in [1.165, 1.54) is 12.8 Å². The summed E-state index contributed by atoms with van der Waals surface area (Å²) in [7, 11) is 0. The molecule has 2 rings (SSSR count). The van der Waals surface area contributed by atoms with E-state index in [0.29, 0.717) is 12.3 Å². The molecule has 1 aliphatic rings. The summed E-state index contributed by atoms with van der Waals surface area (Å²) < 4.78 is 1.96. The molecule has 1 aliphatic heterocycles. The van der Waals surface area contributed by atoms with Gasteiger partial charge in [-0.25, -0.2) is 4.98 Å². The summed E-state index contributed by atoms with van der Waals surface area (Å²) in [6, 6.07) is 0. The zero-order valence-electron chi connectivity index (χ0n) is 12.4. The van der Waals surface area contributed by atoms with E-state index in [9.17, 15) is 4.79 Å². The first kappa shape index (κ1) is 15.0. The average Bonchev–Trinajstić information content (AvgIpc) is 2.99. The second kappa shape index (κ2) is 8.04. The SMILES string of the molecule is CCCN(CC1CCCNC1)C(=O)CCn1ccnc1. The number of imidazole rings is 1. The number of rotatable bonds is 7. The number of nitrogens with zero attached hydrogens (tertiary/aromatic N) is 3. The van der Waals surface area contributed by atoms with E-state index in [1.54, 1.807) is 12.5 Å². The Hall–Kier alpha value is -1.36. The highest BCUT2D eigenvalue weighted by molar-refractivity contribution is 5.76. The fourth-order valence-electron chi connectivity index (χ4n) is 2.78. The highest BCUT2D eigenvalue weighted by Gasteiger charge is 2.19.